The number of piperazine rings is 1. The number of nitrogens with zero attached hydrogens (tertiary/aromatic N) is 2. The van der Waals surface area contributed by atoms with E-state index < -0.39 is 0 Å². The van der Waals surface area contributed by atoms with Crippen molar-refractivity contribution in [2.75, 3.05) is 40.3 Å². The monoisotopic (exact) mass is 434 g/mol. The Morgan fingerprint density at radius 1 is 0.917 bits per heavy atom. The third kappa shape index (κ3) is 2.86. The van der Waals surface area contributed by atoms with Gasteiger partial charge in [0.25, 0.3) is 0 Å². The fraction of sp³-hybridized carbons (Fsp3) is 0.350. The van der Waals surface area contributed by atoms with E-state index in [1.54, 1.807) is 0 Å². The minimum atomic E-state index is -0.129. The number of amides is 1. The van der Waals surface area contributed by atoms with Gasteiger partial charge in [0.15, 0.2) is 0 Å². The predicted octanol–water partition coefficient (Wildman–Crippen LogP) is -0.278. The van der Waals surface area contributed by atoms with E-state index in [0.717, 1.165) is 41.8 Å². The third-order valence-electron chi connectivity index (χ3n) is 5.34. The van der Waals surface area contributed by atoms with Crippen molar-refractivity contribution in [2.45, 2.75) is 5.92 Å². The molecule has 4 heteroatoms. The van der Waals surface area contributed by atoms with Crippen LogP contribution in [-0.4, -0.2) is 55.6 Å². The molecule has 0 aromatic heterocycles. The number of likely N-dealkylation sites (N-methyl/N-ethyl adjacent to an activating group) is 1. The molecule has 0 unspecified atom stereocenters. The molecule has 126 valence electrons. The first-order valence-electron chi connectivity index (χ1n) is 8.36. The summed E-state index contributed by atoms with van der Waals surface area (Å²) in [5.41, 5.74) is 4.76. The van der Waals surface area contributed by atoms with Gasteiger partial charge in [0, 0.05) is 0 Å². The van der Waals surface area contributed by atoms with E-state index in [0.29, 0.717) is 0 Å². The maximum absolute atomic E-state index is 13.3. The van der Waals surface area contributed by atoms with E-state index in [1.807, 2.05) is 12.1 Å². The van der Waals surface area contributed by atoms with Crippen LogP contribution in [0.1, 0.15) is 17.0 Å². The predicted molar refractivity (Wildman–Crippen MR) is 92.1 cm³/mol. The summed E-state index contributed by atoms with van der Waals surface area (Å²) in [6.07, 6.45) is 0. The standard InChI is InChI=1S/C20H23N2O.HI/c1-22(2)13-11-21(12-14-22)20(23)19-17-9-5-3-7-15(17)16-8-4-6-10-18(16)19;/h3-10,19H,11-14H2,1-2H3;1H/q+1;/p-1. The van der Waals surface area contributed by atoms with Crippen LogP contribution in [0, 0.1) is 0 Å². The van der Waals surface area contributed by atoms with E-state index in [-0.39, 0.29) is 35.8 Å². The zero-order valence-electron chi connectivity index (χ0n) is 14.2. The Hall–Kier alpha value is -1.40. The fourth-order valence-corrected chi connectivity index (χ4v) is 3.83. The number of rotatable bonds is 1. The number of fused-ring (bicyclic) bond motifs is 3. The number of hydrogen-bond donors (Lipinski definition) is 0. The van der Waals surface area contributed by atoms with Crippen LogP contribution in [0.15, 0.2) is 48.5 Å². The molecular weight excluding hydrogens is 411 g/mol. The van der Waals surface area contributed by atoms with Crippen molar-refractivity contribution in [2.24, 2.45) is 0 Å². The number of quaternary nitrogens is 1. The van der Waals surface area contributed by atoms with E-state index in [9.17, 15) is 4.79 Å². The zero-order valence-corrected chi connectivity index (χ0v) is 16.4. The molecule has 0 saturated carbocycles. The van der Waals surface area contributed by atoms with Crippen molar-refractivity contribution in [1.29, 1.82) is 0 Å². The molecule has 3 nitrogen and oxygen atoms in total. The lowest BCUT2D eigenvalue weighted by atomic mass is 9.95. The molecule has 1 heterocycles. The van der Waals surface area contributed by atoms with Crippen molar-refractivity contribution >= 4 is 5.91 Å². The first-order chi connectivity index (χ1) is 11.1. The summed E-state index contributed by atoms with van der Waals surface area (Å²) in [6, 6.07) is 16.7. The number of carbonyl (C=O) groups excluding carboxylic acids is 1. The van der Waals surface area contributed by atoms with E-state index in [1.165, 1.54) is 11.1 Å². The van der Waals surface area contributed by atoms with Gasteiger partial charge in [-0.3, -0.25) is 4.79 Å². The molecule has 0 radical (unpaired) electrons. The molecule has 0 N–H and O–H groups in total. The molecule has 2 aliphatic rings. The third-order valence-corrected chi connectivity index (χ3v) is 5.34. The lowest BCUT2D eigenvalue weighted by Crippen LogP contribution is -3.00. The molecule has 2 aromatic carbocycles. The Labute approximate surface area is 160 Å². The van der Waals surface area contributed by atoms with Crippen molar-refractivity contribution < 1.29 is 33.3 Å². The van der Waals surface area contributed by atoms with Crippen LogP contribution < -0.4 is 24.0 Å². The Bertz CT molecular complexity index is 716. The summed E-state index contributed by atoms with van der Waals surface area (Å²) >= 11 is 0. The maximum Gasteiger partial charge on any atom is 0.235 e. The van der Waals surface area contributed by atoms with Crippen LogP contribution >= 0.6 is 0 Å². The molecule has 4 rings (SSSR count). The first-order valence-corrected chi connectivity index (χ1v) is 8.36. The van der Waals surface area contributed by atoms with Crippen molar-refractivity contribution in [3.05, 3.63) is 59.7 Å². The minimum Gasteiger partial charge on any atom is -1.00 e. The second-order valence-electron chi connectivity index (χ2n) is 7.32. The van der Waals surface area contributed by atoms with Gasteiger partial charge in [0.2, 0.25) is 5.91 Å². The summed E-state index contributed by atoms with van der Waals surface area (Å²) < 4.78 is 1.00. The topological polar surface area (TPSA) is 20.3 Å². The van der Waals surface area contributed by atoms with Gasteiger partial charge in [-0.05, 0) is 22.3 Å². The van der Waals surface area contributed by atoms with Crippen LogP contribution in [0.3, 0.4) is 0 Å². The average molecular weight is 434 g/mol. The molecule has 0 atom stereocenters. The molecule has 0 bridgehead atoms. The van der Waals surface area contributed by atoms with E-state index >= 15 is 0 Å². The van der Waals surface area contributed by atoms with Crippen LogP contribution in [-0.2, 0) is 4.79 Å². The zero-order chi connectivity index (χ0) is 16.0. The van der Waals surface area contributed by atoms with E-state index in [2.05, 4.69) is 55.4 Å². The lowest BCUT2D eigenvalue weighted by Gasteiger charge is -2.40. The fourth-order valence-electron chi connectivity index (χ4n) is 3.83. The SMILES string of the molecule is C[N+]1(C)CCN(C(=O)C2c3ccccc3-c3ccccc32)CC1.[I-]. The Balaban J connectivity index is 0.00000169. The number of hydrogen-bond acceptors (Lipinski definition) is 1. The van der Waals surface area contributed by atoms with Gasteiger partial charge >= 0.3 is 0 Å². The van der Waals surface area contributed by atoms with Crippen molar-refractivity contribution in [3.63, 3.8) is 0 Å². The van der Waals surface area contributed by atoms with Gasteiger partial charge in [-0.15, -0.1) is 0 Å². The Morgan fingerprint density at radius 3 is 1.88 bits per heavy atom. The quantitative estimate of drug-likeness (QED) is 0.447. The van der Waals surface area contributed by atoms with Gasteiger partial charge in [0.05, 0.1) is 46.2 Å². The Kier molecular flexibility index (Phi) is 4.71. The number of carbonyl (C=O) groups is 1. The molecule has 2 aromatic rings. The smallest absolute Gasteiger partial charge is 0.235 e. The lowest BCUT2D eigenvalue weighted by molar-refractivity contribution is -0.894. The summed E-state index contributed by atoms with van der Waals surface area (Å²) in [5.74, 6) is 0.137. The highest BCUT2D eigenvalue weighted by atomic mass is 127. The molecule has 24 heavy (non-hydrogen) atoms. The van der Waals surface area contributed by atoms with Crippen molar-refractivity contribution in [3.8, 4) is 11.1 Å². The van der Waals surface area contributed by atoms with Gasteiger partial charge in [-0.25, -0.2) is 0 Å². The molecule has 0 spiro atoms. The Morgan fingerprint density at radius 2 is 1.38 bits per heavy atom. The van der Waals surface area contributed by atoms with Gasteiger partial charge in [0.1, 0.15) is 0 Å². The van der Waals surface area contributed by atoms with Crippen molar-refractivity contribution in [1.82, 2.24) is 4.90 Å². The van der Waals surface area contributed by atoms with Gasteiger partial charge < -0.3 is 33.4 Å². The maximum atomic E-state index is 13.3. The molecule has 1 amide bonds. The van der Waals surface area contributed by atoms with Crippen LogP contribution in [0.2, 0.25) is 0 Å². The van der Waals surface area contributed by atoms with Crippen LogP contribution in [0.5, 0.6) is 0 Å². The summed E-state index contributed by atoms with van der Waals surface area (Å²) in [4.78, 5) is 15.3. The summed E-state index contributed by atoms with van der Waals surface area (Å²) in [5, 5.41) is 0. The molecule has 1 saturated heterocycles. The minimum absolute atomic E-state index is 0. The highest BCUT2D eigenvalue weighted by molar-refractivity contribution is 5.96. The number of halogens is 1. The van der Waals surface area contributed by atoms with Crippen LogP contribution in [0.4, 0.5) is 0 Å². The molecule has 1 aliphatic carbocycles. The average Bonchev–Trinajstić information content (AvgIpc) is 2.89. The van der Waals surface area contributed by atoms with Crippen LogP contribution in [0.25, 0.3) is 11.1 Å². The number of benzene rings is 2. The largest absolute Gasteiger partial charge is 1.00 e. The highest BCUT2D eigenvalue weighted by Gasteiger charge is 2.38. The first kappa shape index (κ1) is 17.4. The second kappa shape index (κ2) is 6.48. The molecule has 1 aliphatic heterocycles. The highest BCUT2D eigenvalue weighted by Crippen LogP contribution is 2.45. The van der Waals surface area contributed by atoms with E-state index in [4.69, 9.17) is 0 Å². The summed E-state index contributed by atoms with van der Waals surface area (Å²) in [7, 11) is 4.48. The normalized spacial score (nSPS) is 18.5. The molecule has 1 fully saturated rings. The summed E-state index contributed by atoms with van der Waals surface area (Å²) in [6.45, 7) is 3.77. The molecular formula is C20H23IN2O. The van der Waals surface area contributed by atoms with Gasteiger partial charge in [-0.1, -0.05) is 48.5 Å². The second-order valence-corrected chi connectivity index (χ2v) is 7.32. The van der Waals surface area contributed by atoms with Gasteiger partial charge in [-0.2, -0.15) is 0 Å².